The molecular weight excluding hydrogens is 254 g/mol. The Balaban J connectivity index is 2.97. The summed E-state index contributed by atoms with van der Waals surface area (Å²) in [6.45, 7) is 5.45. The van der Waals surface area contributed by atoms with E-state index >= 15 is 0 Å². The predicted molar refractivity (Wildman–Crippen MR) is 81.5 cm³/mol. The Morgan fingerprint density at radius 2 is 1.65 bits per heavy atom. The molecule has 0 heterocycles. The van der Waals surface area contributed by atoms with Crippen molar-refractivity contribution in [2.75, 3.05) is 20.8 Å². The molecule has 1 aromatic carbocycles. The molecule has 4 heteroatoms. The standard InChI is InChI=1S/C16H27NO3/c1-5-7-20-11-13-10-15(18-3)12(8-14(17)6-2)9-16(13)19-4/h9-10,14H,5-8,11,17H2,1-4H3. The van der Waals surface area contributed by atoms with Gasteiger partial charge in [-0.15, -0.1) is 0 Å². The van der Waals surface area contributed by atoms with Crippen molar-refractivity contribution >= 4 is 0 Å². The third-order valence-electron chi connectivity index (χ3n) is 3.30. The van der Waals surface area contributed by atoms with E-state index in [1.54, 1.807) is 14.2 Å². The van der Waals surface area contributed by atoms with Gasteiger partial charge >= 0.3 is 0 Å². The van der Waals surface area contributed by atoms with E-state index in [2.05, 4.69) is 13.8 Å². The SMILES string of the molecule is CCCOCc1cc(OC)c(CC(N)CC)cc1OC. The second-order valence-corrected chi connectivity index (χ2v) is 4.90. The van der Waals surface area contributed by atoms with E-state index in [0.717, 1.165) is 48.5 Å². The van der Waals surface area contributed by atoms with Crippen LogP contribution in [0.1, 0.15) is 37.8 Å². The van der Waals surface area contributed by atoms with E-state index < -0.39 is 0 Å². The van der Waals surface area contributed by atoms with E-state index in [1.165, 1.54) is 0 Å². The van der Waals surface area contributed by atoms with Gasteiger partial charge in [-0.05, 0) is 37.0 Å². The Hall–Kier alpha value is -1.26. The molecule has 0 bridgehead atoms. The summed E-state index contributed by atoms with van der Waals surface area (Å²) in [5.41, 5.74) is 8.12. The molecule has 0 aromatic heterocycles. The minimum absolute atomic E-state index is 0.135. The molecule has 0 spiro atoms. The number of hydrogen-bond acceptors (Lipinski definition) is 4. The summed E-state index contributed by atoms with van der Waals surface area (Å²) in [6, 6.07) is 4.14. The molecule has 0 saturated carbocycles. The van der Waals surface area contributed by atoms with E-state index in [0.29, 0.717) is 6.61 Å². The molecule has 0 aliphatic rings. The van der Waals surface area contributed by atoms with Gasteiger partial charge < -0.3 is 19.9 Å². The molecule has 1 rings (SSSR count). The van der Waals surface area contributed by atoms with Crippen LogP contribution < -0.4 is 15.2 Å². The lowest BCUT2D eigenvalue weighted by Crippen LogP contribution is -2.21. The molecule has 4 nitrogen and oxygen atoms in total. The Labute approximate surface area is 122 Å². The number of rotatable bonds is 9. The third kappa shape index (κ3) is 4.69. The van der Waals surface area contributed by atoms with Crippen molar-refractivity contribution < 1.29 is 14.2 Å². The van der Waals surface area contributed by atoms with Gasteiger partial charge in [0.1, 0.15) is 11.5 Å². The number of benzene rings is 1. The first kappa shape index (κ1) is 16.8. The zero-order chi connectivity index (χ0) is 15.0. The Morgan fingerprint density at radius 3 is 2.20 bits per heavy atom. The summed E-state index contributed by atoms with van der Waals surface area (Å²) in [7, 11) is 3.36. The van der Waals surface area contributed by atoms with E-state index in [4.69, 9.17) is 19.9 Å². The van der Waals surface area contributed by atoms with Crippen LogP contribution in [0, 0.1) is 0 Å². The Morgan fingerprint density at radius 1 is 1.05 bits per heavy atom. The highest BCUT2D eigenvalue weighted by Gasteiger charge is 2.13. The van der Waals surface area contributed by atoms with Crippen molar-refractivity contribution in [2.24, 2.45) is 5.73 Å². The summed E-state index contributed by atoms with van der Waals surface area (Å²) < 4.78 is 16.5. The zero-order valence-electron chi connectivity index (χ0n) is 13.1. The summed E-state index contributed by atoms with van der Waals surface area (Å²) in [5.74, 6) is 1.69. The van der Waals surface area contributed by atoms with Crippen molar-refractivity contribution in [3.8, 4) is 11.5 Å². The zero-order valence-corrected chi connectivity index (χ0v) is 13.1. The minimum atomic E-state index is 0.135. The number of nitrogens with two attached hydrogens (primary N) is 1. The average Bonchev–Trinajstić information content (AvgIpc) is 2.47. The molecule has 1 aromatic rings. The first-order valence-electron chi connectivity index (χ1n) is 7.23. The summed E-state index contributed by atoms with van der Waals surface area (Å²) in [5, 5.41) is 0. The van der Waals surface area contributed by atoms with Crippen LogP contribution in [0.2, 0.25) is 0 Å². The fourth-order valence-corrected chi connectivity index (χ4v) is 2.05. The summed E-state index contributed by atoms with van der Waals surface area (Å²) >= 11 is 0. The van der Waals surface area contributed by atoms with Gasteiger partial charge in [0.25, 0.3) is 0 Å². The molecule has 0 fully saturated rings. The van der Waals surface area contributed by atoms with Gasteiger partial charge in [0.15, 0.2) is 0 Å². The van der Waals surface area contributed by atoms with Crippen molar-refractivity contribution in [1.82, 2.24) is 0 Å². The lowest BCUT2D eigenvalue weighted by atomic mass is 10.0. The lowest BCUT2D eigenvalue weighted by molar-refractivity contribution is 0.119. The van der Waals surface area contributed by atoms with Crippen molar-refractivity contribution in [1.29, 1.82) is 0 Å². The molecule has 20 heavy (non-hydrogen) atoms. The molecular formula is C16H27NO3. The van der Waals surface area contributed by atoms with Crippen LogP contribution in [0.4, 0.5) is 0 Å². The smallest absolute Gasteiger partial charge is 0.124 e. The van der Waals surface area contributed by atoms with Crippen molar-refractivity contribution in [2.45, 2.75) is 45.8 Å². The van der Waals surface area contributed by atoms with Gasteiger partial charge in [0.05, 0.1) is 20.8 Å². The Kier molecular flexibility index (Phi) is 7.41. The third-order valence-corrected chi connectivity index (χ3v) is 3.30. The highest BCUT2D eigenvalue weighted by Crippen LogP contribution is 2.30. The summed E-state index contributed by atoms with van der Waals surface area (Å²) in [4.78, 5) is 0. The molecule has 0 radical (unpaired) electrons. The minimum Gasteiger partial charge on any atom is -0.496 e. The maximum Gasteiger partial charge on any atom is 0.124 e. The number of ether oxygens (including phenoxy) is 3. The highest BCUT2D eigenvalue weighted by atomic mass is 16.5. The van der Waals surface area contributed by atoms with Crippen LogP contribution >= 0.6 is 0 Å². The molecule has 0 saturated heterocycles. The average molecular weight is 281 g/mol. The van der Waals surface area contributed by atoms with Crippen LogP contribution in [0.5, 0.6) is 11.5 Å². The Bertz CT molecular complexity index is 407. The maximum absolute atomic E-state index is 6.04. The lowest BCUT2D eigenvalue weighted by Gasteiger charge is -2.17. The van der Waals surface area contributed by atoms with Crippen LogP contribution in [0.25, 0.3) is 0 Å². The van der Waals surface area contributed by atoms with Gasteiger partial charge in [0, 0.05) is 18.2 Å². The monoisotopic (exact) mass is 281 g/mol. The summed E-state index contributed by atoms with van der Waals surface area (Å²) in [6.07, 6.45) is 2.72. The fourth-order valence-electron chi connectivity index (χ4n) is 2.05. The molecule has 0 aliphatic heterocycles. The molecule has 0 amide bonds. The molecule has 1 atom stereocenters. The largest absolute Gasteiger partial charge is 0.496 e. The van der Waals surface area contributed by atoms with Crippen molar-refractivity contribution in [3.63, 3.8) is 0 Å². The van der Waals surface area contributed by atoms with Crippen LogP contribution in [0.15, 0.2) is 12.1 Å². The van der Waals surface area contributed by atoms with Crippen LogP contribution in [-0.4, -0.2) is 26.9 Å². The first-order chi connectivity index (χ1) is 9.65. The predicted octanol–water partition coefficient (Wildman–Crippen LogP) is 2.91. The molecule has 2 N–H and O–H groups in total. The highest BCUT2D eigenvalue weighted by molar-refractivity contribution is 5.46. The van der Waals surface area contributed by atoms with E-state index in [-0.39, 0.29) is 6.04 Å². The fraction of sp³-hybridized carbons (Fsp3) is 0.625. The second kappa shape index (κ2) is 8.82. The molecule has 0 aliphatic carbocycles. The first-order valence-corrected chi connectivity index (χ1v) is 7.23. The quantitative estimate of drug-likeness (QED) is 0.707. The maximum atomic E-state index is 6.04. The number of methoxy groups -OCH3 is 2. The topological polar surface area (TPSA) is 53.7 Å². The molecule has 114 valence electrons. The molecule has 1 unspecified atom stereocenters. The normalized spacial score (nSPS) is 12.2. The van der Waals surface area contributed by atoms with Gasteiger partial charge in [0.2, 0.25) is 0 Å². The van der Waals surface area contributed by atoms with E-state index in [9.17, 15) is 0 Å². The number of hydrogen-bond donors (Lipinski definition) is 1. The van der Waals surface area contributed by atoms with E-state index in [1.807, 2.05) is 12.1 Å². The van der Waals surface area contributed by atoms with Crippen LogP contribution in [0.3, 0.4) is 0 Å². The van der Waals surface area contributed by atoms with Gasteiger partial charge in [-0.2, -0.15) is 0 Å². The van der Waals surface area contributed by atoms with Gasteiger partial charge in [-0.3, -0.25) is 0 Å². The second-order valence-electron chi connectivity index (χ2n) is 4.90. The van der Waals surface area contributed by atoms with Gasteiger partial charge in [-0.1, -0.05) is 13.8 Å². The van der Waals surface area contributed by atoms with Gasteiger partial charge in [-0.25, -0.2) is 0 Å². The van der Waals surface area contributed by atoms with Crippen LogP contribution in [-0.2, 0) is 17.8 Å². The van der Waals surface area contributed by atoms with Crippen molar-refractivity contribution in [3.05, 3.63) is 23.3 Å².